The quantitative estimate of drug-likeness (QED) is 0.0322. The summed E-state index contributed by atoms with van der Waals surface area (Å²) >= 11 is 11.1. The van der Waals surface area contributed by atoms with Crippen molar-refractivity contribution in [3.05, 3.63) is 77.9 Å². The van der Waals surface area contributed by atoms with Crippen LogP contribution in [-0.2, 0) is 57.6 Å². The number of thioether (sulfide) groups is 2. The van der Waals surface area contributed by atoms with Crippen LogP contribution in [0.25, 0.3) is 0 Å². The summed E-state index contributed by atoms with van der Waals surface area (Å²) in [5.41, 5.74) is 7.57. The van der Waals surface area contributed by atoms with Crippen molar-refractivity contribution in [1.29, 1.82) is 0 Å². The molecule has 0 spiro atoms. The van der Waals surface area contributed by atoms with Crippen molar-refractivity contribution in [3.63, 3.8) is 0 Å². The van der Waals surface area contributed by atoms with Crippen LogP contribution in [0, 0.1) is 0 Å². The third kappa shape index (κ3) is 19.7. The summed E-state index contributed by atoms with van der Waals surface area (Å²) in [6.45, 7) is -0.948. The topological polar surface area (TPSA) is 356 Å². The van der Waals surface area contributed by atoms with Gasteiger partial charge in [-0.2, -0.15) is 48.8 Å². The molecule has 0 aliphatic heterocycles. The highest BCUT2D eigenvalue weighted by molar-refractivity contribution is 7.98. The molecule has 0 fully saturated rings. The number of H-pyrrole nitrogens is 1. The van der Waals surface area contributed by atoms with Crippen LogP contribution in [0.5, 0.6) is 11.5 Å². The highest BCUT2D eigenvalue weighted by Crippen LogP contribution is 2.14. The average molecular weight is 1040 g/mol. The summed E-state index contributed by atoms with van der Waals surface area (Å²) in [5, 5.41) is 57.0. The molecule has 2 aromatic carbocycles. The van der Waals surface area contributed by atoms with E-state index in [1.54, 1.807) is 18.7 Å². The van der Waals surface area contributed by atoms with Gasteiger partial charge in [-0.05, 0) is 72.3 Å². The van der Waals surface area contributed by atoms with Crippen LogP contribution < -0.4 is 43.0 Å². The van der Waals surface area contributed by atoms with E-state index in [-0.39, 0.29) is 55.1 Å². The summed E-state index contributed by atoms with van der Waals surface area (Å²) in [6, 6.07) is 0.768. The number of hydrogen-bond donors (Lipinski definition) is 15. The lowest BCUT2D eigenvalue weighted by molar-refractivity contribution is -0.142. The predicted octanol–water partition coefficient (Wildman–Crippen LogP) is -1.99. The zero-order valence-corrected chi connectivity index (χ0v) is 41.2. The van der Waals surface area contributed by atoms with Crippen molar-refractivity contribution < 1.29 is 58.8 Å². The molecule has 3 aromatic rings. The van der Waals surface area contributed by atoms with Crippen LogP contribution in [0.15, 0.2) is 61.1 Å². The molecule has 7 amide bonds. The number of rotatable bonds is 30. The number of carboxylic acids is 1. The lowest BCUT2D eigenvalue weighted by Gasteiger charge is -2.27. The van der Waals surface area contributed by atoms with Gasteiger partial charge in [0.1, 0.15) is 53.8 Å². The zero-order valence-electron chi connectivity index (χ0n) is 37.8. The monoisotopic (exact) mass is 1040 g/mol. The van der Waals surface area contributed by atoms with Crippen molar-refractivity contribution in [2.75, 3.05) is 42.1 Å². The van der Waals surface area contributed by atoms with Crippen LogP contribution in [0.3, 0.4) is 0 Å². The third-order valence-corrected chi connectivity index (χ3v) is 12.3. The molecule has 69 heavy (non-hydrogen) atoms. The van der Waals surface area contributed by atoms with E-state index in [0.717, 1.165) is 0 Å². The van der Waals surface area contributed by atoms with Crippen LogP contribution in [0.4, 0.5) is 0 Å². The largest absolute Gasteiger partial charge is 0.508 e. The number of aromatic nitrogens is 2. The molecular weight excluding hydrogens is 977 g/mol. The van der Waals surface area contributed by atoms with Crippen LogP contribution in [0.2, 0.25) is 0 Å². The molecule has 3 rings (SSSR count). The van der Waals surface area contributed by atoms with E-state index in [2.05, 4.69) is 72.4 Å². The van der Waals surface area contributed by atoms with E-state index in [1.165, 1.54) is 78.4 Å². The molecule has 0 aliphatic rings. The van der Waals surface area contributed by atoms with Gasteiger partial charge in [0, 0.05) is 37.0 Å². The minimum Gasteiger partial charge on any atom is -0.508 e. The molecule has 0 radical (unpaired) electrons. The highest BCUT2D eigenvalue weighted by Gasteiger charge is 2.34. The fraction of sp³-hybridized carbons (Fsp3) is 0.465. The maximum absolute atomic E-state index is 14.1. The van der Waals surface area contributed by atoms with Gasteiger partial charge in [0.15, 0.2) is 0 Å². The highest BCUT2D eigenvalue weighted by atomic mass is 32.2. The van der Waals surface area contributed by atoms with Gasteiger partial charge in [-0.25, -0.2) is 9.78 Å². The van der Waals surface area contributed by atoms with E-state index in [0.29, 0.717) is 28.3 Å². The fourth-order valence-corrected chi connectivity index (χ4v) is 7.83. The molecule has 1 aromatic heterocycles. The van der Waals surface area contributed by atoms with Crippen molar-refractivity contribution in [2.45, 2.75) is 80.4 Å². The fourth-order valence-electron chi connectivity index (χ4n) is 6.37. The zero-order chi connectivity index (χ0) is 51.0. The van der Waals surface area contributed by atoms with Gasteiger partial charge >= 0.3 is 5.97 Å². The third-order valence-electron chi connectivity index (χ3n) is 10.3. The Bertz CT molecular complexity index is 2160. The lowest BCUT2D eigenvalue weighted by Crippen LogP contribution is -2.61. The number of aliphatic hydroxyl groups is 1. The second kappa shape index (κ2) is 30.0. The number of phenolic OH excluding ortho intramolecular Hbond substituents is 2. The number of aliphatic hydroxyl groups excluding tert-OH is 1. The Hall–Kier alpha value is -5.67. The summed E-state index contributed by atoms with van der Waals surface area (Å²) in [5.74, 6) is -7.19. The molecule has 8 atom stereocenters. The molecule has 0 saturated carbocycles. The molecule has 1 heterocycles. The minimum absolute atomic E-state index is 0.0342. The number of aromatic amines is 1. The van der Waals surface area contributed by atoms with Crippen LogP contribution in [0.1, 0.15) is 29.7 Å². The van der Waals surface area contributed by atoms with E-state index in [1.807, 2.05) is 0 Å². The molecule has 0 unspecified atom stereocenters. The lowest BCUT2D eigenvalue weighted by atomic mass is 10.0. The number of amides is 7. The van der Waals surface area contributed by atoms with Crippen LogP contribution in [-0.4, -0.2) is 168 Å². The van der Waals surface area contributed by atoms with Gasteiger partial charge < -0.3 is 68.4 Å². The van der Waals surface area contributed by atoms with E-state index in [9.17, 15) is 58.8 Å². The maximum atomic E-state index is 14.1. The van der Waals surface area contributed by atoms with Crippen molar-refractivity contribution in [1.82, 2.24) is 47.2 Å². The first kappa shape index (κ1) is 57.6. The molecule has 26 heteroatoms. The molecule has 22 nitrogen and oxygen atoms in total. The van der Waals surface area contributed by atoms with Gasteiger partial charge in [-0.1, -0.05) is 24.3 Å². The van der Waals surface area contributed by atoms with Gasteiger partial charge in [0.2, 0.25) is 41.4 Å². The number of nitrogens with zero attached hydrogens (tertiary/aromatic N) is 1. The number of benzene rings is 2. The van der Waals surface area contributed by atoms with E-state index >= 15 is 0 Å². The average Bonchev–Trinajstić information content (AvgIpc) is 3.85. The summed E-state index contributed by atoms with van der Waals surface area (Å²) in [4.78, 5) is 114. The number of phenols is 2. The Morgan fingerprint density at radius 2 is 0.957 bits per heavy atom. The number of carbonyl (C=O) groups excluding carboxylic acids is 7. The van der Waals surface area contributed by atoms with Crippen LogP contribution >= 0.6 is 48.8 Å². The summed E-state index contributed by atoms with van der Waals surface area (Å²) in [6.07, 6.45) is 6.39. The van der Waals surface area contributed by atoms with Crippen molar-refractivity contribution in [2.24, 2.45) is 5.73 Å². The van der Waals surface area contributed by atoms with Gasteiger partial charge in [0.05, 0.1) is 24.7 Å². The minimum atomic E-state index is -1.65. The Labute approximate surface area is 417 Å². The van der Waals surface area contributed by atoms with E-state index < -0.39 is 102 Å². The first-order valence-electron chi connectivity index (χ1n) is 21.4. The standard InChI is InChI=1S/C43H60N10O12S4/c1-68-13-11-29(37(58)50-32(43(64)65)16-24-5-9-27(56)10-6-24)48-40(61)33(19-54)51-42(63)35(21-67)53-38(59)30(12-14-69-2)47-39(60)31(15-23-3-7-26(55)8-4-23)49-41(62)34(20-66)52-36(57)28(44)17-25-18-45-22-46-25/h3-10,18,22,28-35,54-56,66-67H,11-17,19-21,44H2,1-2H3,(H,45,46)(H,47,60)(H,48,61)(H,49,62)(H,50,58)(H,51,63)(H,52,57)(H,53,59)(H,64,65)/t28-,29-,30-,31-,32-,33+,34-,35-/m0/s1. The number of imidazole rings is 1. The number of nitrogens with two attached hydrogens (primary N) is 1. The number of aliphatic carboxylic acids is 1. The summed E-state index contributed by atoms with van der Waals surface area (Å²) in [7, 11) is 0. The number of carbonyl (C=O) groups is 8. The molecule has 0 bridgehead atoms. The molecular formula is C43H60N10O12S4. The first-order chi connectivity index (χ1) is 32.9. The number of carboxylic acid groups (broad SMARTS) is 1. The molecule has 378 valence electrons. The Morgan fingerprint density at radius 1 is 0.580 bits per heavy atom. The normalized spacial score (nSPS) is 14.5. The molecule has 14 N–H and O–H groups in total. The predicted molar refractivity (Wildman–Crippen MR) is 266 cm³/mol. The summed E-state index contributed by atoms with van der Waals surface area (Å²) < 4.78 is 0. The maximum Gasteiger partial charge on any atom is 0.326 e. The Balaban J connectivity index is 1.73. The van der Waals surface area contributed by atoms with Gasteiger partial charge in [0.25, 0.3) is 0 Å². The number of hydrogen-bond acceptors (Lipinski definition) is 17. The van der Waals surface area contributed by atoms with Crippen molar-refractivity contribution >= 4 is 96.1 Å². The number of aromatic hydroxyl groups is 2. The van der Waals surface area contributed by atoms with Gasteiger partial charge in [-0.3, -0.25) is 33.6 Å². The molecule has 0 aliphatic carbocycles. The Morgan fingerprint density at radius 3 is 1.38 bits per heavy atom. The smallest absolute Gasteiger partial charge is 0.326 e. The first-order valence-corrected chi connectivity index (χ1v) is 25.4. The Kier molecular flexibility index (Phi) is 25.1. The van der Waals surface area contributed by atoms with Gasteiger partial charge in [-0.15, -0.1) is 0 Å². The van der Waals surface area contributed by atoms with E-state index in [4.69, 9.17) is 5.73 Å². The number of nitrogens with one attached hydrogen (secondary N) is 8. The second-order valence-electron chi connectivity index (χ2n) is 15.5. The second-order valence-corrected chi connectivity index (χ2v) is 18.2. The van der Waals surface area contributed by atoms with Crippen molar-refractivity contribution in [3.8, 4) is 11.5 Å². The molecule has 0 saturated heterocycles. The number of thiol groups is 2. The SMILES string of the molecule is CSCC[C@H](NC(=O)[C@H](Cc1ccc(O)cc1)NC(=O)[C@H](CS)NC(=O)[C@@H](N)Cc1c[nH]cn1)C(=O)N[C@@H](CS)C(=O)N[C@H](CO)C(=O)N[C@@H](CCSC)C(=O)N[C@@H](Cc1ccc(O)cc1)C(=O)O.